The minimum absolute atomic E-state index is 0.146. The Balaban J connectivity index is 2.27. The third kappa shape index (κ3) is 6.65. The molecule has 1 aromatic carbocycles. The molecule has 1 amide bonds. The van der Waals surface area contributed by atoms with Gasteiger partial charge in [0.15, 0.2) is 0 Å². The first-order valence-electron chi connectivity index (χ1n) is 9.98. The summed E-state index contributed by atoms with van der Waals surface area (Å²) in [5, 5.41) is 6.35. The van der Waals surface area contributed by atoms with Crippen molar-refractivity contribution in [3.63, 3.8) is 0 Å². The zero-order chi connectivity index (χ0) is 21.1. The number of amides is 1. The van der Waals surface area contributed by atoms with Crippen LogP contribution in [0.2, 0.25) is 0 Å². The van der Waals surface area contributed by atoms with E-state index in [4.69, 9.17) is 23.7 Å². The molecular weight excluding hydrogens is 376 g/mol. The van der Waals surface area contributed by atoms with Crippen LogP contribution in [-0.4, -0.2) is 85.0 Å². The van der Waals surface area contributed by atoms with Crippen LogP contribution in [0, 0.1) is 0 Å². The van der Waals surface area contributed by atoms with Crippen molar-refractivity contribution < 1.29 is 28.5 Å². The normalized spacial score (nSPS) is 27.5. The fourth-order valence-corrected chi connectivity index (χ4v) is 3.49. The van der Waals surface area contributed by atoms with Crippen molar-refractivity contribution >= 4 is 5.91 Å². The third-order valence-electron chi connectivity index (χ3n) is 5.15. The van der Waals surface area contributed by atoms with E-state index < -0.39 is 12.2 Å². The standard InChI is InChI=1S/C21H34N2O6/c1-25-17-13-22-11-7-8-12-23-21(24)15-9-5-6-10-16(15)29-14-18(26-2)20(28-4)19(17)27-3/h5-6,9-10,17-20,22H,7-8,11-14H2,1-4H3,(H,23,24)/t17-,18+,19+,20+/m0/s1. The maximum absolute atomic E-state index is 12.6. The van der Waals surface area contributed by atoms with Gasteiger partial charge in [0.05, 0.1) is 11.7 Å². The molecule has 4 atom stereocenters. The zero-order valence-electron chi connectivity index (χ0n) is 17.8. The molecule has 29 heavy (non-hydrogen) atoms. The van der Waals surface area contributed by atoms with E-state index in [0.717, 1.165) is 19.4 Å². The number of ether oxygens (including phenoxy) is 5. The number of benzene rings is 1. The van der Waals surface area contributed by atoms with Crippen LogP contribution < -0.4 is 15.4 Å². The SMILES string of the molecule is CO[C@H]1[C@H](OC)[C@H](OC)COc2ccccc2C(=O)NCCCCNC[C@@H]1OC. The molecule has 0 radical (unpaired) electrons. The molecule has 0 saturated heterocycles. The Labute approximate surface area is 173 Å². The third-order valence-corrected chi connectivity index (χ3v) is 5.15. The molecule has 0 unspecified atom stereocenters. The molecule has 1 aliphatic heterocycles. The number of hydrogen-bond donors (Lipinski definition) is 2. The lowest BCUT2D eigenvalue weighted by Gasteiger charge is -2.35. The summed E-state index contributed by atoms with van der Waals surface area (Å²) in [7, 11) is 6.51. The van der Waals surface area contributed by atoms with E-state index >= 15 is 0 Å². The molecule has 0 aromatic heterocycles. The molecule has 0 saturated carbocycles. The largest absolute Gasteiger partial charge is 0.490 e. The highest BCUT2D eigenvalue weighted by Crippen LogP contribution is 2.21. The van der Waals surface area contributed by atoms with Crippen molar-refractivity contribution in [1.29, 1.82) is 0 Å². The first-order valence-corrected chi connectivity index (χ1v) is 9.98. The Kier molecular flexibility index (Phi) is 10.4. The molecule has 2 rings (SSSR count). The maximum atomic E-state index is 12.6. The van der Waals surface area contributed by atoms with Gasteiger partial charge in [-0.3, -0.25) is 4.79 Å². The molecule has 8 nitrogen and oxygen atoms in total. The summed E-state index contributed by atoms with van der Waals surface area (Å²) in [4.78, 5) is 12.6. The van der Waals surface area contributed by atoms with Crippen LogP contribution in [0.1, 0.15) is 23.2 Å². The summed E-state index contributed by atoms with van der Waals surface area (Å²) >= 11 is 0. The predicted molar refractivity (Wildman–Crippen MR) is 110 cm³/mol. The molecule has 2 N–H and O–H groups in total. The summed E-state index contributed by atoms with van der Waals surface area (Å²) in [5.41, 5.74) is 0.500. The Bertz CT molecular complexity index is 615. The number of fused-ring (bicyclic) bond motifs is 1. The van der Waals surface area contributed by atoms with Gasteiger partial charge in [-0.15, -0.1) is 0 Å². The lowest BCUT2D eigenvalue weighted by atomic mass is 10.0. The Hall–Kier alpha value is -1.71. The molecule has 0 aliphatic carbocycles. The van der Waals surface area contributed by atoms with Gasteiger partial charge >= 0.3 is 0 Å². The van der Waals surface area contributed by atoms with E-state index in [1.54, 1.807) is 40.6 Å². The van der Waals surface area contributed by atoms with Crippen molar-refractivity contribution in [2.75, 3.05) is 54.7 Å². The second-order valence-electron chi connectivity index (χ2n) is 6.92. The van der Waals surface area contributed by atoms with Crippen LogP contribution in [0.3, 0.4) is 0 Å². The second kappa shape index (κ2) is 12.8. The van der Waals surface area contributed by atoms with Crippen molar-refractivity contribution in [3.8, 4) is 5.75 Å². The van der Waals surface area contributed by atoms with E-state index in [0.29, 0.717) is 24.4 Å². The smallest absolute Gasteiger partial charge is 0.255 e. The molecule has 0 fully saturated rings. The summed E-state index contributed by atoms with van der Waals surface area (Å²) in [6.07, 6.45) is 0.373. The number of carbonyl (C=O) groups is 1. The molecule has 0 bridgehead atoms. The van der Waals surface area contributed by atoms with Gasteiger partial charge in [0.25, 0.3) is 5.91 Å². The van der Waals surface area contributed by atoms with Gasteiger partial charge in [0.1, 0.15) is 30.7 Å². The van der Waals surface area contributed by atoms with Gasteiger partial charge in [-0.1, -0.05) is 12.1 Å². The Morgan fingerprint density at radius 3 is 2.24 bits per heavy atom. The van der Waals surface area contributed by atoms with Crippen molar-refractivity contribution in [3.05, 3.63) is 29.8 Å². The van der Waals surface area contributed by atoms with Gasteiger partial charge in [-0.2, -0.15) is 0 Å². The number of methoxy groups -OCH3 is 4. The van der Waals surface area contributed by atoms with Crippen molar-refractivity contribution in [2.24, 2.45) is 0 Å². The molecule has 8 heteroatoms. The van der Waals surface area contributed by atoms with Crippen molar-refractivity contribution in [1.82, 2.24) is 10.6 Å². The minimum Gasteiger partial charge on any atom is -0.490 e. The fraction of sp³-hybridized carbons (Fsp3) is 0.667. The number of para-hydroxylation sites is 1. The van der Waals surface area contributed by atoms with E-state index in [1.807, 2.05) is 12.1 Å². The van der Waals surface area contributed by atoms with Gasteiger partial charge in [-0.25, -0.2) is 0 Å². The van der Waals surface area contributed by atoms with E-state index in [2.05, 4.69) is 10.6 Å². The van der Waals surface area contributed by atoms with E-state index in [9.17, 15) is 4.79 Å². The number of hydrogen-bond acceptors (Lipinski definition) is 7. The number of nitrogens with one attached hydrogen (secondary N) is 2. The summed E-state index contributed by atoms with van der Waals surface area (Å²) < 4.78 is 28.8. The number of carbonyl (C=O) groups excluding carboxylic acids is 1. The molecule has 1 aromatic rings. The van der Waals surface area contributed by atoms with Gasteiger partial charge in [0, 0.05) is 41.5 Å². The van der Waals surface area contributed by atoms with Crippen LogP contribution in [0.5, 0.6) is 5.75 Å². The zero-order valence-corrected chi connectivity index (χ0v) is 17.8. The molecule has 1 aliphatic rings. The van der Waals surface area contributed by atoms with Gasteiger partial charge < -0.3 is 34.3 Å². The topological polar surface area (TPSA) is 87.3 Å². The second-order valence-corrected chi connectivity index (χ2v) is 6.92. The molecular formula is C21H34N2O6. The van der Waals surface area contributed by atoms with Gasteiger partial charge in [-0.05, 0) is 31.5 Å². The lowest BCUT2D eigenvalue weighted by Crippen LogP contribution is -2.52. The fourth-order valence-electron chi connectivity index (χ4n) is 3.49. The Morgan fingerprint density at radius 2 is 1.55 bits per heavy atom. The van der Waals surface area contributed by atoms with E-state index in [-0.39, 0.29) is 24.7 Å². The maximum Gasteiger partial charge on any atom is 0.255 e. The van der Waals surface area contributed by atoms with Crippen LogP contribution in [0.4, 0.5) is 0 Å². The monoisotopic (exact) mass is 410 g/mol. The lowest BCUT2D eigenvalue weighted by molar-refractivity contribution is -0.153. The average Bonchev–Trinajstić information content (AvgIpc) is 2.75. The minimum atomic E-state index is -0.425. The van der Waals surface area contributed by atoms with Crippen LogP contribution in [0.25, 0.3) is 0 Å². The van der Waals surface area contributed by atoms with Crippen molar-refractivity contribution in [2.45, 2.75) is 37.3 Å². The highest BCUT2D eigenvalue weighted by atomic mass is 16.6. The molecule has 1 heterocycles. The van der Waals surface area contributed by atoms with Crippen LogP contribution >= 0.6 is 0 Å². The Morgan fingerprint density at radius 1 is 0.897 bits per heavy atom. The summed E-state index contributed by atoms with van der Waals surface area (Å²) in [6.45, 7) is 2.23. The molecule has 164 valence electrons. The number of rotatable bonds is 4. The first-order chi connectivity index (χ1) is 14.2. The van der Waals surface area contributed by atoms with Crippen LogP contribution in [0.15, 0.2) is 24.3 Å². The highest BCUT2D eigenvalue weighted by molar-refractivity contribution is 5.96. The average molecular weight is 411 g/mol. The highest BCUT2D eigenvalue weighted by Gasteiger charge is 2.36. The summed E-state index contributed by atoms with van der Waals surface area (Å²) in [5.74, 6) is 0.361. The predicted octanol–water partition coefficient (Wildman–Crippen LogP) is 1.24. The van der Waals surface area contributed by atoms with Crippen LogP contribution in [-0.2, 0) is 18.9 Å². The van der Waals surface area contributed by atoms with Gasteiger partial charge in [0.2, 0.25) is 0 Å². The van der Waals surface area contributed by atoms with E-state index in [1.165, 1.54) is 0 Å². The quantitative estimate of drug-likeness (QED) is 0.772. The first kappa shape index (κ1) is 23.6. The molecule has 0 spiro atoms. The summed E-state index contributed by atoms with van der Waals surface area (Å²) in [6, 6.07) is 7.19.